The summed E-state index contributed by atoms with van der Waals surface area (Å²) in [6, 6.07) is 8.21. The van der Waals surface area contributed by atoms with E-state index in [-0.39, 0.29) is 5.54 Å². The normalized spacial score (nSPS) is 12.3. The second kappa shape index (κ2) is 3.11. The van der Waals surface area contributed by atoms with Crippen molar-refractivity contribution in [2.45, 2.75) is 19.4 Å². The van der Waals surface area contributed by atoms with Crippen LogP contribution >= 0.6 is 15.9 Å². The van der Waals surface area contributed by atoms with Crippen molar-refractivity contribution in [2.75, 3.05) is 0 Å². The Labute approximate surface area is 91.6 Å². The van der Waals surface area contributed by atoms with Crippen LogP contribution in [0.2, 0.25) is 0 Å². The third-order valence-corrected chi connectivity index (χ3v) is 2.96. The lowest BCUT2D eigenvalue weighted by molar-refractivity contribution is 0.540. The number of hydrogen-bond acceptors (Lipinski definition) is 1. The SMILES string of the molecule is CC(C)(N)c1cc2cccc(Br)c2[nH]1. The number of para-hydroxylation sites is 1. The van der Waals surface area contributed by atoms with Crippen molar-refractivity contribution in [1.82, 2.24) is 4.98 Å². The summed E-state index contributed by atoms with van der Waals surface area (Å²) in [4.78, 5) is 3.33. The first-order valence-corrected chi connectivity index (χ1v) is 5.34. The number of aromatic amines is 1. The number of halogens is 1. The first kappa shape index (κ1) is 9.74. The standard InChI is InChI=1S/C11H13BrN2/c1-11(2,13)9-6-7-4-3-5-8(12)10(7)14-9/h3-6,14H,13H2,1-2H3. The average Bonchev–Trinajstić information content (AvgIpc) is 2.48. The van der Waals surface area contributed by atoms with Gasteiger partial charge in [0, 0.05) is 15.6 Å². The topological polar surface area (TPSA) is 41.8 Å². The van der Waals surface area contributed by atoms with Gasteiger partial charge in [-0.1, -0.05) is 12.1 Å². The molecule has 0 bridgehead atoms. The molecule has 0 saturated carbocycles. The van der Waals surface area contributed by atoms with Crippen LogP contribution in [0, 0.1) is 0 Å². The fourth-order valence-corrected chi connectivity index (χ4v) is 1.95. The number of rotatable bonds is 1. The minimum atomic E-state index is -0.321. The Kier molecular flexibility index (Phi) is 2.16. The van der Waals surface area contributed by atoms with Gasteiger partial charge in [-0.3, -0.25) is 0 Å². The molecule has 0 amide bonds. The van der Waals surface area contributed by atoms with Crippen molar-refractivity contribution >= 4 is 26.8 Å². The molecule has 0 radical (unpaired) electrons. The molecule has 2 nitrogen and oxygen atoms in total. The number of H-pyrrole nitrogens is 1. The number of fused-ring (bicyclic) bond motifs is 1. The summed E-state index contributed by atoms with van der Waals surface area (Å²) in [5, 5.41) is 1.19. The van der Waals surface area contributed by atoms with Gasteiger partial charge in [0.25, 0.3) is 0 Å². The van der Waals surface area contributed by atoms with Crippen molar-refractivity contribution in [2.24, 2.45) is 5.73 Å². The van der Waals surface area contributed by atoms with Crippen LogP contribution in [-0.4, -0.2) is 4.98 Å². The Morgan fingerprint density at radius 2 is 2.07 bits per heavy atom. The molecule has 0 aliphatic heterocycles. The van der Waals surface area contributed by atoms with Crippen LogP contribution in [0.25, 0.3) is 10.9 Å². The largest absolute Gasteiger partial charge is 0.356 e. The van der Waals surface area contributed by atoms with Gasteiger partial charge in [0.1, 0.15) is 0 Å². The summed E-state index contributed by atoms with van der Waals surface area (Å²) < 4.78 is 1.07. The molecule has 2 rings (SSSR count). The Balaban J connectivity index is 2.69. The summed E-state index contributed by atoms with van der Waals surface area (Å²) in [6.45, 7) is 3.98. The van der Waals surface area contributed by atoms with Crippen molar-refractivity contribution < 1.29 is 0 Å². The maximum Gasteiger partial charge on any atom is 0.0601 e. The van der Waals surface area contributed by atoms with Gasteiger partial charge in [-0.25, -0.2) is 0 Å². The molecule has 0 fully saturated rings. The zero-order valence-electron chi connectivity index (χ0n) is 8.26. The molecule has 0 atom stereocenters. The maximum absolute atomic E-state index is 6.02. The summed E-state index contributed by atoms with van der Waals surface area (Å²) in [6.07, 6.45) is 0. The van der Waals surface area contributed by atoms with E-state index in [1.54, 1.807) is 0 Å². The van der Waals surface area contributed by atoms with Crippen molar-refractivity contribution in [1.29, 1.82) is 0 Å². The molecule has 0 spiro atoms. The fourth-order valence-electron chi connectivity index (χ4n) is 1.47. The fraction of sp³-hybridized carbons (Fsp3) is 0.273. The molecular formula is C11H13BrN2. The van der Waals surface area contributed by atoms with E-state index >= 15 is 0 Å². The third kappa shape index (κ3) is 1.57. The van der Waals surface area contributed by atoms with E-state index in [0.29, 0.717) is 0 Å². The van der Waals surface area contributed by atoms with E-state index in [2.05, 4.69) is 33.0 Å². The van der Waals surface area contributed by atoms with E-state index < -0.39 is 0 Å². The zero-order valence-corrected chi connectivity index (χ0v) is 9.85. The van der Waals surface area contributed by atoms with Gasteiger partial charge < -0.3 is 10.7 Å². The van der Waals surface area contributed by atoms with Crippen LogP contribution in [0.4, 0.5) is 0 Å². The lowest BCUT2D eigenvalue weighted by Crippen LogP contribution is -2.28. The molecule has 1 aromatic heterocycles. The van der Waals surface area contributed by atoms with Crippen LogP contribution in [0.1, 0.15) is 19.5 Å². The van der Waals surface area contributed by atoms with Crippen LogP contribution in [0.15, 0.2) is 28.7 Å². The molecule has 3 heteroatoms. The summed E-state index contributed by atoms with van der Waals surface area (Å²) in [5.74, 6) is 0. The minimum absolute atomic E-state index is 0.321. The van der Waals surface area contributed by atoms with Crippen molar-refractivity contribution in [3.05, 3.63) is 34.4 Å². The van der Waals surface area contributed by atoms with Gasteiger partial charge >= 0.3 is 0 Å². The van der Waals surface area contributed by atoms with E-state index in [4.69, 9.17) is 5.73 Å². The van der Waals surface area contributed by atoms with E-state index in [1.807, 2.05) is 26.0 Å². The molecule has 0 aliphatic carbocycles. The highest BCUT2D eigenvalue weighted by Gasteiger charge is 2.16. The predicted molar refractivity (Wildman–Crippen MR) is 63.2 cm³/mol. The molecule has 1 aromatic carbocycles. The van der Waals surface area contributed by atoms with Crippen LogP contribution in [-0.2, 0) is 5.54 Å². The highest BCUT2D eigenvalue weighted by Crippen LogP contribution is 2.27. The molecule has 74 valence electrons. The first-order valence-electron chi connectivity index (χ1n) is 4.55. The number of nitrogens with two attached hydrogens (primary N) is 1. The van der Waals surface area contributed by atoms with Crippen LogP contribution in [0.3, 0.4) is 0 Å². The summed E-state index contributed by atoms with van der Waals surface area (Å²) in [7, 11) is 0. The first-order chi connectivity index (χ1) is 6.48. The van der Waals surface area contributed by atoms with Gasteiger partial charge in [0.2, 0.25) is 0 Å². The maximum atomic E-state index is 6.02. The summed E-state index contributed by atoms with van der Waals surface area (Å²) in [5.41, 5.74) is 7.87. The second-order valence-corrected chi connectivity index (χ2v) is 4.96. The number of benzene rings is 1. The Morgan fingerprint density at radius 1 is 1.36 bits per heavy atom. The molecular weight excluding hydrogens is 240 g/mol. The number of aromatic nitrogens is 1. The Hall–Kier alpha value is -0.800. The molecule has 1 heterocycles. The van der Waals surface area contributed by atoms with Gasteiger partial charge in [0.05, 0.1) is 11.1 Å². The van der Waals surface area contributed by atoms with Gasteiger partial charge in [-0.15, -0.1) is 0 Å². The highest BCUT2D eigenvalue weighted by molar-refractivity contribution is 9.10. The molecule has 3 N–H and O–H groups in total. The quantitative estimate of drug-likeness (QED) is 0.805. The monoisotopic (exact) mass is 252 g/mol. The molecule has 14 heavy (non-hydrogen) atoms. The number of hydrogen-bond donors (Lipinski definition) is 2. The third-order valence-electron chi connectivity index (χ3n) is 2.30. The van der Waals surface area contributed by atoms with E-state index in [1.165, 1.54) is 5.39 Å². The smallest absolute Gasteiger partial charge is 0.0601 e. The van der Waals surface area contributed by atoms with Crippen molar-refractivity contribution in [3.8, 4) is 0 Å². The summed E-state index contributed by atoms with van der Waals surface area (Å²) >= 11 is 3.50. The van der Waals surface area contributed by atoms with Gasteiger partial charge in [-0.05, 0) is 41.9 Å². The molecule has 0 saturated heterocycles. The molecule has 0 aliphatic rings. The highest BCUT2D eigenvalue weighted by atomic mass is 79.9. The number of nitrogens with one attached hydrogen (secondary N) is 1. The Bertz CT molecular complexity index is 466. The lowest BCUT2D eigenvalue weighted by atomic mass is 10.0. The van der Waals surface area contributed by atoms with Gasteiger partial charge in [0.15, 0.2) is 0 Å². The van der Waals surface area contributed by atoms with Crippen LogP contribution < -0.4 is 5.73 Å². The molecule has 2 aromatic rings. The van der Waals surface area contributed by atoms with E-state index in [0.717, 1.165) is 15.7 Å². The zero-order chi connectivity index (χ0) is 10.3. The van der Waals surface area contributed by atoms with E-state index in [9.17, 15) is 0 Å². The van der Waals surface area contributed by atoms with Gasteiger partial charge in [-0.2, -0.15) is 0 Å². The average molecular weight is 253 g/mol. The van der Waals surface area contributed by atoms with Crippen molar-refractivity contribution in [3.63, 3.8) is 0 Å². The Morgan fingerprint density at radius 3 is 2.64 bits per heavy atom. The predicted octanol–water partition coefficient (Wildman–Crippen LogP) is 3.12. The molecule has 0 unspecified atom stereocenters. The second-order valence-electron chi connectivity index (χ2n) is 4.11. The van der Waals surface area contributed by atoms with Crippen LogP contribution in [0.5, 0.6) is 0 Å². The lowest BCUT2D eigenvalue weighted by Gasteiger charge is -2.15. The minimum Gasteiger partial charge on any atom is -0.356 e.